The summed E-state index contributed by atoms with van der Waals surface area (Å²) in [6, 6.07) is 9.89. The number of hydrogen-bond donors (Lipinski definition) is 2. The molecule has 2 amide bonds. The van der Waals surface area contributed by atoms with Crippen molar-refractivity contribution in [2.24, 2.45) is 11.7 Å². The summed E-state index contributed by atoms with van der Waals surface area (Å²) in [5, 5.41) is 2.80. The van der Waals surface area contributed by atoms with Gasteiger partial charge in [-0.25, -0.2) is 4.39 Å². The van der Waals surface area contributed by atoms with Gasteiger partial charge in [-0.15, -0.1) is 23.7 Å². The zero-order valence-electron chi connectivity index (χ0n) is 14.8. The quantitative estimate of drug-likeness (QED) is 0.794. The number of nitrogens with one attached hydrogen (secondary N) is 1. The number of rotatable bonds is 5. The van der Waals surface area contributed by atoms with E-state index in [2.05, 4.69) is 5.32 Å². The van der Waals surface area contributed by atoms with Crippen LogP contribution in [0.25, 0.3) is 10.4 Å². The maximum absolute atomic E-state index is 13.1. The van der Waals surface area contributed by atoms with Crippen molar-refractivity contribution in [2.75, 3.05) is 26.2 Å². The summed E-state index contributed by atoms with van der Waals surface area (Å²) < 4.78 is 13.1. The number of benzene rings is 1. The molecular weight excluding hydrogens is 389 g/mol. The maximum Gasteiger partial charge on any atom is 0.263 e. The molecule has 0 spiro atoms. The lowest BCUT2D eigenvalue weighted by Gasteiger charge is -2.31. The molecule has 1 aromatic heterocycles. The van der Waals surface area contributed by atoms with E-state index in [0.29, 0.717) is 31.1 Å². The van der Waals surface area contributed by atoms with Gasteiger partial charge < -0.3 is 16.0 Å². The van der Waals surface area contributed by atoms with E-state index in [-0.39, 0.29) is 36.0 Å². The fourth-order valence-electron chi connectivity index (χ4n) is 3.09. The van der Waals surface area contributed by atoms with E-state index in [4.69, 9.17) is 5.73 Å². The molecule has 1 atom stereocenters. The second kappa shape index (κ2) is 9.82. The predicted molar refractivity (Wildman–Crippen MR) is 108 cm³/mol. The highest BCUT2D eigenvalue weighted by molar-refractivity contribution is 7.17. The van der Waals surface area contributed by atoms with Crippen molar-refractivity contribution in [3.8, 4) is 10.4 Å². The van der Waals surface area contributed by atoms with Crippen LogP contribution in [0.3, 0.4) is 0 Å². The van der Waals surface area contributed by atoms with Gasteiger partial charge in [-0.3, -0.25) is 9.59 Å². The highest BCUT2D eigenvalue weighted by atomic mass is 35.5. The Balaban J connectivity index is 0.00000261. The Morgan fingerprint density at radius 3 is 2.67 bits per heavy atom. The van der Waals surface area contributed by atoms with Gasteiger partial charge in [-0.1, -0.05) is 12.1 Å². The van der Waals surface area contributed by atoms with Crippen LogP contribution in [0.4, 0.5) is 4.39 Å². The van der Waals surface area contributed by atoms with E-state index in [0.717, 1.165) is 23.3 Å². The average molecular weight is 412 g/mol. The number of carbonyl (C=O) groups is 2. The minimum absolute atomic E-state index is 0. The zero-order valence-corrected chi connectivity index (χ0v) is 16.5. The van der Waals surface area contributed by atoms with E-state index >= 15 is 0 Å². The lowest BCUT2D eigenvalue weighted by Crippen LogP contribution is -2.46. The van der Waals surface area contributed by atoms with Crippen LogP contribution in [0.1, 0.15) is 22.5 Å². The molecule has 8 heteroatoms. The summed E-state index contributed by atoms with van der Waals surface area (Å²) in [4.78, 5) is 28.2. The summed E-state index contributed by atoms with van der Waals surface area (Å²) >= 11 is 1.39. The number of thiophene rings is 1. The van der Waals surface area contributed by atoms with E-state index < -0.39 is 0 Å². The summed E-state index contributed by atoms with van der Waals surface area (Å²) in [7, 11) is 0. The minimum atomic E-state index is -0.283. The molecule has 27 heavy (non-hydrogen) atoms. The molecule has 146 valence electrons. The van der Waals surface area contributed by atoms with Crippen LogP contribution in [-0.4, -0.2) is 42.9 Å². The fourth-order valence-corrected chi connectivity index (χ4v) is 4.07. The third kappa shape index (κ3) is 5.28. The molecule has 2 aromatic rings. The summed E-state index contributed by atoms with van der Waals surface area (Å²) in [5.74, 6) is -0.560. The molecule has 0 aliphatic carbocycles. The van der Waals surface area contributed by atoms with Crippen molar-refractivity contribution < 1.29 is 14.0 Å². The standard InChI is InChI=1S/C19H22FN3O2S.ClH/c20-15-5-3-13(4-6-15)16-7-8-17(26-16)19(25)23-11-1-2-14(12-23)18(24)22-10-9-21;/h3-8,14H,1-2,9-12,21H2,(H,22,24);1H. The number of amides is 2. The molecular formula is C19H23ClFN3O2S. The van der Waals surface area contributed by atoms with Crippen molar-refractivity contribution in [3.05, 3.63) is 47.1 Å². The number of halogens is 2. The second-order valence-electron chi connectivity index (χ2n) is 6.34. The van der Waals surface area contributed by atoms with Gasteiger partial charge in [0.05, 0.1) is 10.8 Å². The first kappa shape index (κ1) is 21.3. The Labute approximate surface area is 168 Å². The van der Waals surface area contributed by atoms with E-state index in [9.17, 15) is 14.0 Å². The first-order chi connectivity index (χ1) is 12.6. The zero-order chi connectivity index (χ0) is 18.5. The molecule has 0 saturated carbocycles. The molecule has 1 aliphatic rings. The predicted octanol–water partition coefficient (Wildman–Crippen LogP) is 2.90. The highest BCUT2D eigenvalue weighted by Gasteiger charge is 2.29. The topological polar surface area (TPSA) is 75.4 Å². The van der Waals surface area contributed by atoms with Gasteiger partial charge in [0.15, 0.2) is 0 Å². The summed E-state index contributed by atoms with van der Waals surface area (Å²) in [6.45, 7) is 1.94. The van der Waals surface area contributed by atoms with Crippen LogP contribution < -0.4 is 11.1 Å². The number of nitrogens with two attached hydrogens (primary N) is 1. The Bertz CT molecular complexity index is 782. The number of likely N-dealkylation sites (tertiary alicyclic amines) is 1. The summed E-state index contributed by atoms with van der Waals surface area (Å²) in [6.07, 6.45) is 1.59. The van der Waals surface area contributed by atoms with Gasteiger partial charge in [0, 0.05) is 31.1 Å². The molecule has 1 fully saturated rings. The molecule has 1 saturated heterocycles. The van der Waals surface area contributed by atoms with Crippen molar-refractivity contribution in [3.63, 3.8) is 0 Å². The van der Waals surface area contributed by atoms with Crippen LogP contribution >= 0.6 is 23.7 Å². The van der Waals surface area contributed by atoms with Gasteiger partial charge in [0.1, 0.15) is 5.82 Å². The first-order valence-electron chi connectivity index (χ1n) is 8.71. The SMILES string of the molecule is Cl.NCCNC(=O)C1CCCN(C(=O)c2ccc(-c3ccc(F)cc3)s2)C1. The second-order valence-corrected chi connectivity index (χ2v) is 7.42. The number of carbonyl (C=O) groups excluding carboxylic acids is 2. The van der Waals surface area contributed by atoms with Gasteiger partial charge >= 0.3 is 0 Å². The fraction of sp³-hybridized carbons (Fsp3) is 0.368. The van der Waals surface area contributed by atoms with E-state index in [1.165, 1.54) is 23.5 Å². The van der Waals surface area contributed by atoms with Gasteiger partial charge in [0.2, 0.25) is 5.91 Å². The number of hydrogen-bond acceptors (Lipinski definition) is 4. The van der Waals surface area contributed by atoms with Crippen LogP contribution in [0.15, 0.2) is 36.4 Å². The van der Waals surface area contributed by atoms with Gasteiger partial charge in [-0.2, -0.15) is 0 Å². The lowest BCUT2D eigenvalue weighted by atomic mass is 9.97. The molecule has 0 radical (unpaired) electrons. The number of nitrogens with zero attached hydrogens (tertiary/aromatic N) is 1. The van der Waals surface area contributed by atoms with E-state index in [1.807, 2.05) is 6.07 Å². The van der Waals surface area contributed by atoms with Crippen molar-refractivity contribution in [1.29, 1.82) is 0 Å². The Hall–Kier alpha value is -1.96. The van der Waals surface area contributed by atoms with Crippen molar-refractivity contribution >= 4 is 35.6 Å². The molecule has 3 rings (SSSR count). The first-order valence-corrected chi connectivity index (χ1v) is 9.53. The average Bonchev–Trinajstić information content (AvgIpc) is 3.16. The normalized spacial score (nSPS) is 16.5. The third-order valence-electron chi connectivity index (χ3n) is 4.47. The Morgan fingerprint density at radius 1 is 1.22 bits per heavy atom. The third-order valence-corrected chi connectivity index (χ3v) is 5.59. The van der Waals surface area contributed by atoms with Crippen molar-refractivity contribution in [1.82, 2.24) is 10.2 Å². The molecule has 2 heterocycles. The van der Waals surface area contributed by atoms with Crippen LogP contribution in [0.2, 0.25) is 0 Å². The molecule has 5 nitrogen and oxygen atoms in total. The van der Waals surface area contributed by atoms with E-state index in [1.54, 1.807) is 23.1 Å². The molecule has 0 bridgehead atoms. The number of piperidine rings is 1. The molecule has 1 aliphatic heterocycles. The summed E-state index contributed by atoms with van der Waals surface area (Å²) in [5.41, 5.74) is 6.30. The molecule has 1 aromatic carbocycles. The minimum Gasteiger partial charge on any atom is -0.355 e. The van der Waals surface area contributed by atoms with Crippen molar-refractivity contribution in [2.45, 2.75) is 12.8 Å². The maximum atomic E-state index is 13.1. The monoisotopic (exact) mass is 411 g/mol. The smallest absolute Gasteiger partial charge is 0.263 e. The Kier molecular flexibility index (Phi) is 7.77. The lowest BCUT2D eigenvalue weighted by molar-refractivity contribution is -0.126. The highest BCUT2D eigenvalue weighted by Crippen LogP contribution is 2.30. The van der Waals surface area contributed by atoms with Crippen LogP contribution in [-0.2, 0) is 4.79 Å². The van der Waals surface area contributed by atoms with Gasteiger partial charge in [-0.05, 0) is 42.7 Å². The van der Waals surface area contributed by atoms with Gasteiger partial charge in [0.25, 0.3) is 5.91 Å². The molecule has 1 unspecified atom stereocenters. The molecule has 3 N–H and O–H groups in total. The van der Waals surface area contributed by atoms with Crippen LogP contribution in [0, 0.1) is 11.7 Å². The van der Waals surface area contributed by atoms with Crippen LogP contribution in [0.5, 0.6) is 0 Å². The largest absolute Gasteiger partial charge is 0.355 e. The Morgan fingerprint density at radius 2 is 1.96 bits per heavy atom.